The van der Waals surface area contributed by atoms with E-state index < -0.39 is 38.6 Å². The van der Waals surface area contributed by atoms with Crippen LogP contribution < -0.4 is 0 Å². The highest BCUT2D eigenvalue weighted by Gasteiger charge is 2.39. The molecule has 0 atom stereocenters. The average molecular weight is 475 g/mol. The smallest absolute Gasteiger partial charge is 0.433 e. The van der Waals surface area contributed by atoms with Crippen LogP contribution in [0.2, 0.25) is 0 Å². The molecule has 3 rings (SSSR count). The van der Waals surface area contributed by atoms with Crippen molar-refractivity contribution in [1.82, 2.24) is 24.6 Å². The summed E-state index contributed by atoms with van der Waals surface area (Å²) in [5.74, 6) is 0. The molecule has 1 saturated heterocycles. The highest BCUT2D eigenvalue weighted by atomic mass is 32.2. The second-order valence-electron chi connectivity index (χ2n) is 8.55. The number of halogens is 3. The van der Waals surface area contributed by atoms with Gasteiger partial charge < -0.3 is 9.64 Å². The molecule has 0 aliphatic carbocycles. The summed E-state index contributed by atoms with van der Waals surface area (Å²) in [5, 5.41) is 3.29. The van der Waals surface area contributed by atoms with Gasteiger partial charge in [0.2, 0.25) is 15.0 Å². The third-order valence-electron chi connectivity index (χ3n) is 4.70. The molecule has 1 amide bonds. The fraction of sp³-hybridized carbons (Fsp3) is 0.579. The summed E-state index contributed by atoms with van der Waals surface area (Å²) in [4.78, 5) is 20.8. The molecular formula is C19H24F3N5O4S. The van der Waals surface area contributed by atoms with Crippen molar-refractivity contribution in [3.05, 3.63) is 23.7 Å². The first-order valence-electron chi connectivity index (χ1n) is 9.80. The summed E-state index contributed by atoms with van der Waals surface area (Å²) < 4.78 is 71.3. The van der Waals surface area contributed by atoms with Crippen LogP contribution in [0.25, 0.3) is 11.3 Å². The first-order chi connectivity index (χ1) is 14.6. The number of ether oxygens (including phenoxy) is 1. The van der Waals surface area contributed by atoms with E-state index in [4.69, 9.17) is 4.74 Å². The predicted octanol–water partition coefficient (Wildman–Crippen LogP) is 3.12. The lowest BCUT2D eigenvalue weighted by molar-refractivity contribution is -0.142. The Hall–Kier alpha value is -2.70. The van der Waals surface area contributed by atoms with Crippen LogP contribution in [0.4, 0.5) is 18.0 Å². The van der Waals surface area contributed by atoms with E-state index in [1.807, 2.05) is 0 Å². The molecule has 0 spiro atoms. The van der Waals surface area contributed by atoms with Crippen LogP contribution in [0, 0.1) is 0 Å². The van der Waals surface area contributed by atoms with Gasteiger partial charge in [0.1, 0.15) is 5.60 Å². The van der Waals surface area contributed by atoms with Crippen LogP contribution in [0.5, 0.6) is 0 Å². The Morgan fingerprint density at radius 2 is 1.84 bits per heavy atom. The number of carbonyl (C=O) groups is 1. The quantitative estimate of drug-likeness (QED) is 0.626. The maximum Gasteiger partial charge on any atom is 0.433 e. The van der Waals surface area contributed by atoms with Gasteiger partial charge in [-0.15, -0.1) is 0 Å². The molecule has 1 aliphatic rings. The van der Waals surface area contributed by atoms with Crippen molar-refractivity contribution in [2.24, 2.45) is 0 Å². The lowest BCUT2D eigenvalue weighted by Gasteiger charge is -2.39. The number of carbonyl (C=O) groups excluding carboxylic acids is 1. The number of sulfone groups is 1. The van der Waals surface area contributed by atoms with Gasteiger partial charge in [0.05, 0.1) is 17.9 Å². The number of hydrogen-bond donors (Lipinski definition) is 0. The molecule has 1 aliphatic heterocycles. The molecule has 13 heteroatoms. The molecule has 32 heavy (non-hydrogen) atoms. The Morgan fingerprint density at radius 1 is 1.22 bits per heavy atom. The summed E-state index contributed by atoms with van der Waals surface area (Å²) in [5.41, 5.74) is -2.02. The number of likely N-dealkylation sites (tertiary alicyclic amines) is 1. The van der Waals surface area contributed by atoms with Crippen molar-refractivity contribution < 1.29 is 31.1 Å². The molecule has 1 fully saturated rings. The van der Waals surface area contributed by atoms with Gasteiger partial charge in [-0.1, -0.05) is 6.92 Å². The molecule has 0 N–H and O–H groups in total. The number of alkyl halides is 3. The zero-order chi connectivity index (χ0) is 24.1. The maximum atomic E-state index is 13.6. The van der Waals surface area contributed by atoms with Gasteiger partial charge in [0.25, 0.3) is 0 Å². The molecule has 3 heterocycles. The molecule has 2 aromatic heterocycles. The van der Waals surface area contributed by atoms with E-state index in [1.54, 1.807) is 20.8 Å². The Labute approximate surface area is 183 Å². The first kappa shape index (κ1) is 24.0. The number of hydrogen-bond acceptors (Lipinski definition) is 7. The molecule has 176 valence electrons. The standard InChI is InChI=1S/C19H24F3N5O4S/c1-6-13-14(24-16(32(5,29)30)25-15(13)19(20,21)22)11-7-23-27(8-11)12-9-26(10-12)17(28)31-18(2,3)4/h7-8,12H,6,9-10H2,1-5H3. The zero-order valence-corrected chi connectivity index (χ0v) is 19.1. The molecule has 2 aromatic rings. The van der Waals surface area contributed by atoms with E-state index in [0.29, 0.717) is 13.1 Å². The van der Waals surface area contributed by atoms with Gasteiger partial charge in [0.15, 0.2) is 5.69 Å². The van der Waals surface area contributed by atoms with E-state index in [9.17, 15) is 26.4 Å². The third kappa shape index (κ3) is 5.03. The third-order valence-corrected chi connectivity index (χ3v) is 5.55. The lowest BCUT2D eigenvalue weighted by atomic mass is 10.0. The molecule has 0 bridgehead atoms. The van der Waals surface area contributed by atoms with Crippen LogP contribution in [-0.4, -0.2) is 64.1 Å². The van der Waals surface area contributed by atoms with Crippen LogP contribution in [0.3, 0.4) is 0 Å². The number of aromatic nitrogens is 4. The second kappa shape index (κ2) is 8.01. The number of rotatable bonds is 4. The van der Waals surface area contributed by atoms with Gasteiger partial charge in [-0.05, 0) is 27.2 Å². The lowest BCUT2D eigenvalue weighted by Crippen LogP contribution is -2.52. The summed E-state index contributed by atoms with van der Waals surface area (Å²) in [6, 6.07) is -0.195. The molecule has 0 aromatic carbocycles. The molecule has 0 radical (unpaired) electrons. The van der Waals surface area contributed by atoms with Crippen LogP contribution in [0.15, 0.2) is 17.6 Å². The van der Waals surface area contributed by atoms with Crippen molar-refractivity contribution in [1.29, 1.82) is 0 Å². The van der Waals surface area contributed by atoms with E-state index >= 15 is 0 Å². The monoisotopic (exact) mass is 475 g/mol. The maximum absolute atomic E-state index is 13.6. The normalized spacial score (nSPS) is 15.6. The van der Waals surface area contributed by atoms with Crippen molar-refractivity contribution in [3.8, 4) is 11.3 Å². The van der Waals surface area contributed by atoms with Crippen LogP contribution in [0.1, 0.15) is 45.0 Å². The topological polar surface area (TPSA) is 107 Å². The summed E-state index contributed by atoms with van der Waals surface area (Å²) in [6.07, 6.45) is -1.80. The first-order valence-corrected chi connectivity index (χ1v) is 11.7. The van der Waals surface area contributed by atoms with Gasteiger partial charge in [-0.3, -0.25) is 4.68 Å². The summed E-state index contributed by atoms with van der Waals surface area (Å²) in [7, 11) is -4.08. The minimum absolute atomic E-state index is 0.0603. The van der Waals surface area contributed by atoms with Gasteiger partial charge in [-0.2, -0.15) is 18.3 Å². The molecule has 0 unspecified atom stereocenters. The van der Waals surface area contributed by atoms with E-state index in [1.165, 1.54) is 28.9 Å². The van der Waals surface area contributed by atoms with Gasteiger partial charge in [-0.25, -0.2) is 23.2 Å². The Morgan fingerprint density at radius 3 is 2.34 bits per heavy atom. The van der Waals surface area contributed by atoms with Crippen molar-refractivity contribution >= 4 is 15.9 Å². The average Bonchev–Trinajstić information content (AvgIpc) is 3.05. The fourth-order valence-electron chi connectivity index (χ4n) is 3.20. The molecular weight excluding hydrogens is 451 g/mol. The predicted molar refractivity (Wildman–Crippen MR) is 108 cm³/mol. The highest BCUT2D eigenvalue weighted by molar-refractivity contribution is 7.90. The van der Waals surface area contributed by atoms with Gasteiger partial charge in [0, 0.05) is 36.7 Å². The zero-order valence-electron chi connectivity index (χ0n) is 18.3. The van der Waals surface area contributed by atoms with Gasteiger partial charge >= 0.3 is 12.3 Å². The van der Waals surface area contributed by atoms with Crippen molar-refractivity contribution in [3.63, 3.8) is 0 Å². The Bertz CT molecular complexity index is 1130. The van der Waals surface area contributed by atoms with Crippen LogP contribution in [-0.2, 0) is 27.2 Å². The minimum atomic E-state index is -4.85. The van der Waals surface area contributed by atoms with Crippen molar-refractivity contribution in [2.75, 3.05) is 19.3 Å². The number of nitrogens with zero attached hydrogens (tertiary/aromatic N) is 5. The Balaban J connectivity index is 1.92. The molecule has 9 nitrogen and oxygen atoms in total. The van der Waals surface area contributed by atoms with E-state index in [0.717, 1.165) is 6.26 Å². The largest absolute Gasteiger partial charge is 0.444 e. The van der Waals surface area contributed by atoms with E-state index in [2.05, 4.69) is 15.1 Å². The fourth-order valence-corrected chi connectivity index (χ4v) is 3.71. The highest BCUT2D eigenvalue weighted by Crippen LogP contribution is 2.36. The second-order valence-corrected chi connectivity index (χ2v) is 10.5. The van der Waals surface area contributed by atoms with Crippen LogP contribution >= 0.6 is 0 Å². The summed E-state index contributed by atoms with van der Waals surface area (Å²) in [6.45, 7) is 7.43. The SMILES string of the molecule is CCc1c(-c2cnn(C3CN(C(=O)OC(C)(C)C)C3)c2)nc(S(C)(=O)=O)nc1C(F)(F)F. The molecule has 0 saturated carbocycles. The Kier molecular flexibility index (Phi) is 6.00. The summed E-state index contributed by atoms with van der Waals surface area (Å²) >= 11 is 0. The van der Waals surface area contributed by atoms with E-state index in [-0.39, 0.29) is 29.3 Å². The minimum Gasteiger partial charge on any atom is -0.444 e. The van der Waals surface area contributed by atoms with Crippen molar-refractivity contribution in [2.45, 2.75) is 57.1 Å². The number of amides is 1.